The minimum Gasteiger partial charge on any atom is -0.485 e. The van der Waals surface area contributed by atoms with Crippen molar-refractivity contribution >= 4 is 0 Å². The Hall–Kier alpha value is -1.88. The quantitative estimate of drug-likeness (QED) is 0.914. The number of nitrogens with zero attached hydrogens (tertiary/aromatic N) is 2. The number of benzene rings is 1. The molecule has 1 aromatic heterocycles. The molecule has 5 nitrogen and oxygen atoms in total. The highest BCUT2D eigenvalue weighted by atomic mass is 16.5. The Morgan fingerprint density at radius 1 is 1.26 bits per heavy atom. The maximum atomic E-state index is 5.59. The number of hydrogen-bond donors (Lipinski definition) is 1. The van der Waals surface area contributed by atoms with Crippen molar-refractivity contribution in [2.45, 2.75) is 31.9 Å². The number of piperidine rings is 1. The van der Waals surface area contributed by atoms with E-state index in [9.17, 15) is 0 Å². The van der Waals surface area contributed by atoms with Gasteiger partial charge in [-0.25, -0.2) is 0 Å². The van der Waals surface area contributed by atoms with Crippen LogP contribution in [0.3, 0.4) is 0 Å². The zero-order valence-corrected chi connectivity index (χ0v) is 10.7. The van der Waals surface area contributed by atoms with E-state index >= 15 is 0 Å². The third-order valence-corrected chi connectivity index (χ3v) is 3.20. The van der Waals surface area contributed by atoms with Crippen LogP contribution in [0.4, 0.5) is 0 Å². The number of rotatable bonds is 4. The smallest absolute Gasteiger partial charge is 0.243 e. The summed E-state index contributed by atoms with van der Waals surface area (Å²) < 4.78 is 10.9. The fourth-order valence-corrected chi connectivity index (χ4v) is 2.19. The van der Waals surface area contributed by atoms with Gasteiger partial charge in [0, 0.05) is 0 Å². The first kappa shape index (κ1) is 12.2. The van der Waals surface area contributed by atoms with E-state index in [1.165, 1.54) is 12.8 Å². The molecule has 0 amide bonds. The van der Waals surface area contributed by atoms with Gasteiger partial charge in [0.1, 0.15) is 5.75 Å². The molecule has 100 valence electrons. The Labute approximate surface area is 112 Å². The average molecular weight is 259 g/mol. The average Bonchev–Trinajstić information content (AvgIpc) is 2.96. The van der Waals surface area contributed by atoms with Crippen LogP contribution in [0.25, 0.3) is 0 Å². The largest absolute Gasteiger partial charge is 0.485 e. The third kappa shape index (κ3) is 3.12. The van der Waals surface area contributed by atoms with E-state index in [4.69, 9.17) is 9.26 Å². The lowest BCUT2D eigenvalue weighted by Crippen LogP contribution is -2.27. The van der Waals surface area contributed by atoms with Gasteiger partial charge in [-0.1, -0.05) is 29.8 Å². The topological polar surface area (TPSA) is 60.2 Å². The van der Waals surface area contributed by atoms with Crippen molar-refractivity contribution in [1.82, 2.24) is 15.5 Å². The number of aromatic nitrogens is 2. The highest BCUT2D eigenvalue weighted by Crippen LogP contribution is 2.21. The van der Waals surface area contributed by atoms with Crippen LogP contribution in [-0.4, -0.2) is 16.7 Å². The standard InChI is InChI=1S/C14H17N3O2/c1-2-6-11(7-3-1)18-10-13-16-14(19-17-13)12-8-4-5-9-15-12/h1-3,6-7,12,15H,4-5,8-10H2/t12-/m0/s1. The molecule has 0 unspecified atom stereocenters. The molecule has 2 heterocycles. The second-order valence-corrected chi connectivity index (χ2v) is 4.65. The fourth-order valence-electron chi connectivity index (χ4n) is 2.19. The summed E-state index contributed by atoms with van der Waals surface area (Å²) in [5, 5.41) is 7.34. The highest BCUT2D eigenvalue weighted by Gasteiger charge is 2.20. The summed E-state index contributed by atoms with van der Waals surface area (Å²) in [7, 11) is 0. The first-order chi connectivity index (χ1) is 9.42. The van der Waals surface area contributed by atoms with E-state index in [1.54, 1.807) is 0 Å². The first-order valence-electron chi connectivity index (χ1n) is 6.65. The van der Waals surface area contributed by atoms with Crippen LogP contribution in [-0.2, 0) is 6.61 Å². The maximum Gasteiger partial charge on any atom is 0.243 e. The van der Waals surface area contributed by atoms with Crippen molar-refractivity contribution in [1.29, 1.82) is 0 Å². The van der Waals surface area contributed by atoms with Crippen LogP contribution in [0.1, 0.15) is 37.0 Å². The third-order valence-electron chi connectivity index (χ3n) is 3.20. The molecule has 0 bridgehead atoms. The van der Waals surface area contributed by atoms with Crippen molar-refractivity contribution in [2.75, 3.05) is 6.54 Å². The van der Waals surface area contributed by atoms with Crippen LogP contribution in [0.15, 0.2) is 34.9 Å². The van der Waals surface area contributed by atoms with Crippen molar-refractivity contribution in [3.63, 3.8) is 0 Å². The number of hydrogen-bond acceptors (Lipinski definition) is 5. The molecule has 0 aliphatic carbocycles. The minimum atomic E-state index is 0.201. The van der Waals surface area contributed by atoms with Crippen molar-refractivity contribution < 1.29 is 9.26 Å². The van der Waals surface area contributed by atoms with Gasteiger partial charge in [0.15, 0.2) is 6.61 Å². The molecule has 2 aromatic rings. The summed E-state index contributed by atoms with van der Waals surface area (Å²) in [5.74, 6) is 2.07. The molecule has 3 rings (SSSR count). The van der Waals surface area contributed by atoms with Crippen LogP contribution in [0.5, 0.6) is 5.75 Å². The van der Waals surface area contributed by atoms with E-state index < -0.39 is 0 Å². The van der Waals surface area contributed by atoms with Gasteiger partial charge in [-0.3, -0.25) is 0 Å². The Balaban J connectivity index is 1.58. The fraction of sp³-hybridized carbons (Fsp3) is 0.429. The van der Waals surface area contributed by atoms with Crippen molar-refractivity contribution in [3.8, 4) is 5.75 Å². The molecule has 1 aliphatic rings. The van der Waals surface area contributed by atoms with E-state index in [-0.39, 0.29) is 6.04 Å². The van der Waals surface area contributed by atoms with Gasteiger partial charge < -0.3 is 14.6 Å². The molecule has 0 saturated carbocycles. The lowest BCUT2D eigenvalue weighted by Gasteiger charge is -2.19. The zero-order chi connectivity index (χ0) is 12.9. The van der Waals surface area contributed by atoms with Crippen LogP contribution >= 0.6 is 0 Å². The molecule has 5 heteroatoms. The molecule has 0 spiro atoms. The van der Waals surface area contributed by atoms with E-state index in [0.717, 1.165) is 18.7 Å². The van der Waals surface area contributed by atoms with Gasteiger partial charge in [0.2, 0.25) is 11.7 Å². The lowest BCUT2D eigenvalue weighted by molar-refractivity contribution is 0.276. The Kier molecular flexibility index (Phi) is 3.74. The van der Waals surface area contributed by atoms with Gasteiger partial charge in [-0.2, -0.15) is 4.98 Å². The van der Waals surface area contributed by atoms with Crippen LogP contribution in [0.2, 0.25) is 0 Å². The maximum absolute atomic E-state index is 5.59. The summed E-state index contributed by atoms with van der Waals surface area (Å²) in [6, 6.07) is 9.83. The summed E-state index contributed by atoms with van der Waals surface area (Å²) >= 11 is 0. The zero-order valence-electron chi connectivity index (χ0n) is 10.7. The molecular formula is C14H17N3O2. The predicted molar refractivity (Wildman–Crippen MR) is 69.7 cm³/mol. The number of nitrogens with one attached hydrogen (secondary N) is 1. The number of para-hydroxylation sites is 1. The highest BCUT2D eigenvalue weighted by molar-refractivity contribution is 5.20. The molecule has 1 aliphatic heterocycles. The summed E-state index contributed by atoms with van der Waals surface area (Å²) in [6.45, 7) is 1.35. The van der Waals surface area contributed by atoms with Gasteiger partial charge in [0.25, 0.3) is 0 Å². The Morgan fingerprint density at radius 2 is 2.16 bits per heavy atom. The van der Waals surface area contributed by atoms with Gasteiger partial charge in [-0.15, -0.1) is 0 Å². The van der Waals surface area contributed by atoms with Gasteiger partial charge >= 0.3 is 0 Å². The summed E-state index contributed by atoms with van der Waals surface area (Å²) in [6.07, 6.45) is 3.48. The lowest BCUT2D eigenvalue weighted by atomic mass is 10.1. The van der Waals surface area contributed by atoms with Gasteiger partial charge in [0.05, 0.1) is 6.04 Å². The molecule has 1 aromatic carbocycles. The molecule has 1 atom stereocenters. The summed E-state index contributed by atoms with van der Waals surface area (Å²) in [4.78, 5) is 4.38. The molecule has 1 N–H and O–H groups in total. The normalized spacial score (nSPS) is 19.3. The van der Waals surface area contributed by atoms with E-state index in [2.05, 4.69) is 15.5 Å². The van der Waals surface area contributed by atoms with Crippen LogP contribution < -0.4 is 10.1 Å². The predicted octanol–water partition coefficient (Wildman–Crippen LogP) is 2.46. The Bertz CT molecular complexity index is 506. The number of ether oxygens (including phenoxy) is 1. The first-order valence-corrected chi connectivity index (χ1v) is 6.65. The molecule has 19 heavy (non-hydrogen) atoms. The van der Waals surface area contributed by atoms with Crippen molar-refractivity contribution in [3.05, 3.63) is 42.0 Å². The molecular weight excluding hydrogens is 242 g/mol. The molecule has 0 radical (unpaired) electrons. The van der Waals surface area contributed by atoms with Crippen molar-refractivity contribution in [2.24, 2.45) is 0 Å². The van der Waals surface area contributed by atoms with Crippen LogP contribution in [0, 0.1) is 0 Å². The van der Waals surface area contributed by atoms with E-state index in [1.807, 2.05) is 30.3 Å². The molecule has 1 fully saturated rings. The minimum absolute atomic E-state index is 0.201. The monoisotopic (exact) mass is 259 g/mol. The van der Waals surface area contributed by atoms with Gasteiger partial charge in [-0.05, 0) is 31.5 Å². The SMILES string of the molecule is c1ccc(OCc2noc([C@@H]3CCCCN3)n2)cc1. The second-order valence-electron chi connectivity index (χ2n) is 4.65. The Morgan fingerprint density at radius 3 is 2.95 bits per heavy atom. The molecule has 1 saturated heterocycles. The second kappa shape index (κ2) is 5.84. The summed E-state index contributed by atoms with van der Waals surface area (Å²) in [5.41, 5.74) is 0. The van der Waals surface area contributed by atoms with E-state index in [0.29, 0.717) is 18.3 Å².